The van der Waals surface area contributed by atoms with Gasteiger partial charge in [0.25, 0.3) is 0 Å². The molecule has 1 unspecified atom stereocenters. The van der Waals surface area contributed by atoms with Gasteiger partial charge in [0.05, 0.1) is 20.6 Å². The highest BCUT2D eigenvalue weighted by atomic mass is 16.6. The summed E-state index contributed by atoms with van der Waals surface area (Å²) >= 11 is 0. The van der Waals surface area contributed by atoms with Crippen LogP contribution < -0.4 is 4.74 Å². The zero-order valence-electron chi connectivity index (χ0n) is 24.8. The van der Waals surface area contributed by atoms with Crippen LogP contribution >= 0.6 is 0 Å². The van der Waals surface area contributed by atoms with E-state index in [1.165, 1.54) is 62.5 Å². The van der Waals surface area contributed by atoms with Gasteiger partial charge in [-0.25, -0.2) is 0 Å². The number of hydrogen-bond acceptors (Lipinski definition) is 3. The van der Waals surface area contributed by atoms with E-state index in [0.717, 1.165) is 49.0 Å². The van der Waals surface area contributed by atoms with E-state index in [9.17, 15) is 4.79 Å². The minimum absolute atomic E-state index is 0.112. The van der Waals surface area contributed by atoms with E-state index in [4.69, 9.17) is 9.47 Å². The monoisotopic (exact) mass is 524 g/mol. The Morgan fingerprint density at radius 3 is 2.18 bits per heavy atom. The molecule has 0 heterocycles. The van der Waals surface area contributed by atoms with Gasteiger partial charge in [0.15, 0.2) is 0 Å². The third-order valence-corrected chi connectivity index (χ3v) is 7.25. The number of quaternary nitrogens is 1. The van der Waals surface area contributed by atoms with Gasteiger partial charge in [-0.05, 0) is 49.8 Å². The van der Waals surface area contributed by atoms with Crippen molar-refractivity contribution in [1.29, 1.82) is 0 Å². The van der Waals surface area contributed by atoms with Gasteiger partial charge in [0, 0.05) is 12.0 Å². The summed E-state index contributed by atoms with van der Waals surface area (Å²) < 4.78 is 12.7. The Morgan fingerprint density at radius 2 is 1.47 bits per heavy atom. The van der Waals surface area contributed by atoms with Crippen molar-refractivity contribution in [2.75, 3.05) is 27.2 Å². The first kappa shape index (κ1) is 31.9. The summed E-state index contributed by atoms with van der Waals surface area (Å²) in [6.45, 7) is 6.70. The predicted molar refractivity (Wildman–Crippen MR) is 159 cm³/mol. The Hall–Kier alpha value is -2.33. The van der Waals surface area contributed by atoms with Crippen LogP contribution in [0.5, 0.6) is 5.75 Å². The normalized spacial score (nSPS) is 12.3. The molecule has 0 saturated heterocycles. The van der Waals surface area contributed by atoms with Crippen LogP contribution in [-0.2, 0) is 22.5 Å². The first-order valence-corrected chi connectivity index (χ1v) is 15.2. The molecule has 0 aromatic heterocycles. The Bertz CT molecular complexity index is 880. The van der Waals surface area contributed by atoms with Gasteiger partial charge in [-0.15, -0.1) is 0 Å². The number of aryl methyl sites for hydroxylation is 1. The lowest BCUT2D eigenvalue weighted by Gasteiger charge is -2.30. The van der Waals surface area contributed by atoms with Crippen LogP contribution in [0.15, 0.2) is 54.6 Å². The summed E-state index contributed by atoms with van der Waals surface area (Å²) in [5.74, 6) is 0.757. The Kier molecular flexibility index (Phi) is 15.8. The SMILES string of the molecule is CCCCCCCCCCc1cccc(OC(CC)COC(=O)CCCC[N+](C)(C)Cc2ccccc2)c1. The number of hydrogen-bond donors (Lipinski definition) is 0. The van der Waals surface area contributed by atoms with Crippen LogP contribution in [-0.4, -0.2) is 43.8 Å². The van der Waals surface area contributed by atoms with Crippen molar-refractivity contribution in [2.24, 2.45) is 0 Å². The first-order valence-electron chi connectivity index (χ1n) is 15.2. The third kappa shape index (κ3) is 14.6. The molecule has 4 nitrogen and oxygen atoms in total. The zero-order chi connectivity index (χ0) is 27.5. The smallest absolute Gasteiger partial charge is 0.305 e. The fourth-order valence-electron chi connectivity index (χ4n) is 4.89. The van der Waals surface area contributed by atoms with Crippen LogP contribution in [0.1, 0.15) is 102 Å². The summed E-state index contributed by atoms with van der Waals surface area (Å²) in [7, 11) is 4.50. The van der Waals surface area contributed by atoms with Gasteiger partial charge in [-0.2, -0.15) is 0 Å². The molecule has 2 aromatic rings. The molecule has 2 rings (SSSR count). The predicted octanol–water partition coefficient (Wildman–Crippen LogP) is 8.52. The van der Waals surface area contributed by atoms with Gasteiger partial charge < -0.3 is 14.0 Å². The van der Waals surface area contributed by atoms with Crippen LogP contribution in [0.3, 0.4) is 0 Å². The average Bonchev–Trinajstić information content (AvgIpc) is 2.91. The molecule has 0 aliphatic heterocycles. The number of rotatable bonds is 21. The lowest BCUT2D eigenvalue weighted by atomic mass is 10.0. The Labute approximate surface area is 233 Å². The molecule has 0 aliphatic rings. The largest absolute Gasteiger partial charge is 0.487 e. The Balaban J connectivity index is 1.62. The number of nitrogens with zero attached hydrogens (tertiary/aromatic N) is 1. The molecular weight excluding hydrogens is 470 g/mol. The zero-order valence-corrected chi connectivity index (χ0v) is 24.8. The molecule has 38 heavy (non-hydrogen) atoms. The van der Waals surface area contributed by atoms with Crippen LogP contribution in [0, 0.1) is 0 Å². The molecule has 0 spiro atoms. The summed E-state index contributed by atoms with van der Waals surface area (Å²) in [4.78, 5) is 12.3. The second-order valence-electron chi connectivity index (χ2n) is 11.5. The molecule has 0 N–H and O–H groups in total. The number of ether oxygens (including phenoxy) is 2. The lowest BCUT2D eigenvalue weighted by molar-refractivity contribution is -0.903. The summed E-state index contributed by atoms with van der Waals surface area (Å²) in [5.41, 5.74) is 2.68. The van der Waals surface area contributed by atoms with Crippen LogP contribution in [0.2, 0.25) is 0 Å². The summed E-state index contributed by atoms with van der Waals surface area (Å²) in [6.07, 6.45) is 14.8. The molecule has 4 heteroatoms. The van der Waals surface area contributed by atoms with Crippen molar-refractivity contribution in [2.45, 2.75) is 110 Å². The van der Waals surface area contributed by atoms with Crippen molar-refractivity contribution in [3.05, 3.63) is 65.7 Å². The van der Waals surface area contributed by atoms with Crippen LogP contribution in [0.4, 0.5) is 0 Å². The molecule has 212 valence electrons. The van der Waals surface area contributed by atoms with E-state index in [0.29, 0.717) is 13.0 Å². The van der Waals surface area contributed by atoms with E-state index >= 15 is 0 Å². The molecular formula is C34H54NO3+. The second kappa shape index (κ2) is 18.8. The molecule has 0 saturated carbocycles. The minimum atomic E-state index is -0.121. The molecule has 0 radical (unpaired) electrons. The average molecular weight is 525 g/mol. The third-order valence-electron chi connectivity index (χ3n) is 7.25. The van der Waals surface area contributed by atoms with Gasteiger partial charge in [-0.1, -0.05) is 101 Å². The fourth-order valence-corrected chi connectivity index (χ4v) is 4.89. The van der Waals surface area contributed by atoms with Gasteiger partial charge in [0.1, 0.15) is 25.0 Å². The molecule has 1 atom stereocenters. The minimum Gasteiger partial charge on any atom is -0.487 e. The maximum absolute atomic E-state index is 12.3. The highest BCUT2D eigenvalue weighted by molar-refractivity contribution is 5.69. The summed E-state index contributed by atoms with van der Waals surface area (Å²) in [6, 6.07) is 19.0. The molecule has 2 aromatic carbocycles. The van der Waals surface area contributed by atoms with Crippen molar-refractivity contribution < 1.29 is 18.8 Å². The van der Waals surface area contributed by atoms with E-state index in [2.05, 4.69) is 76.5 Å². The first-order chi connectivity index (χ1) is 18.4. The number of unbranched alkanes of at least 4 members (excludes halogenated alkanes) is 8. The summed E-state index contributed by atoms with van der Waals surface area (Å²) in [5, 5.41) is 0. The van der Waals surface area contributed by atoms with E-state index < -0.39 is 0 Å². The van der Waals surface area contributed by atoms with E-state index in [1.54, 1.807) is 0 Å². The van der Waals surface area contributed by atoms with Crippen molar-refractivity contribution in [1.82, 2.24) is 0 Å². The van der Waals surface area contributed by atoms with Gasteiger partial charge in [-0.3, -0.25) is 4.79 Å². The molecule has 0 fully saturated rings. The van der Waals surface area contributed by atoms with Crippen LogP contribution in [0.25, 0.3) is 0 Å². The topological polar surface area (TPSA) is 35.5 Å². The standard InChI is InChI=1S/C34H54NO3/c1-5-7-8-9-10-11-12-14-20-30-23-19-24-33(27-30)38-32(6-2)29-37-34(36)25-17-18-26-35(3,4)28-31-21-15-13-16-22-31/h13,15-16,19,21-24,27,32H,5-12,14,17-18,20,25-26,28-29H2,1-4H3/q+1. The maximum Gasteiger partial charge on any atom is 0.305 e. The van der Waals surface area contributed by atoms with Gasteiger partial charge >= 0.3 is 5.97 Å². The van der Waals surface area contributed by atoms with Crippen molar-refractivity contribution in [3.8, 4) is 5.75 Å². The van der Waals surface area contributed by atoms with Crippen molar-refractivity contribution >= 4 is 5.97 Å². The number of esters is 1. The molecule has 0 aliphatic carbocycles. The number of carbonyl (C=O) groups excluding carboxylic acids is 1. The quantitative estimate of drug-likeness (QED) is 0.0932. The second-order valence-corrected chi connectivity index (χ2v) is 11.5. The Morgan fingerprint density at radius 1 is 0.789 bits per heavy atom. The van der Waals surface area contributed by atoms with Gasteiger partial charge in [0.2, 0.25) is 0 Å². The molecule has 0 bridgehead atoms. The highest BCUT2D eigenvalue weighted by Crippen LogP contribution is 2.19. The molecule has 0 amide bonds. The number of benzene rings is 2. The van der Waals surface area contributed by atoms with Crippen molar-refractivity contribution in [3.63, 3.8) is 0 Å². The van der Waals surface area contributed by atoms with E-state index in [-0.39, 0.29) is 12.1 Å². The number of carbonyl (C=O) groups is 1. The lowest BCUT2D eigenvalue weighted by Crippen LogP contribution is -2.39. The highest BCUT2D eigenvalue weighted by Gasteiger charge is 2.16. The fraction of sp³-hybridized carbons (Fsp3) is 0.618. The maximum atomic E-state index is 12.3. The van der Waals surface area contributed by atoms with E-state index in [1.807, 2.05) is 6.07 Å².